The highest BCUT2D eigenvalue weighted by Crippen LogP contribution is 2.14. The predicted molar refractivity (Wildman–Crippen MR) is 58.9 cm³/mol. The Kier molecular flexibility index (Phi) is 4.38. The van der Waals surface area contributed by atoms with Crippen LogP contribution in [0.25, 0.3) is 0 Å². The third-order valence-electron chi connectivity index (χ3n) is 3.37. The fraction of sp³-hybridized carbons (Fsp3) is 1.00. The summed E-state index contributed by atoms with van der Waals surface area (Å²) in [5.41, 5.74) is 0. The summed E-state index contributed by atoms with van der Waals surface area (Å²) in [6, 6.07) is 0. The van der Waals surface area contributed by atoms with Crippen molar-refractivity contribution in [3.05, 3.63) is 0 Å². The number of rotatable bonds is 4. The van der Waals surface area contributed by atoms with Crippen molar-refractivity contribution in [1.29, 1.82) is 0 Å². The lowest BCUT2D eigenvalue weighted by atomic mass is 10.2. The van der Waals surface area contributed by atoms with Gasteiger partial charge in [-0.15, -0.1) is 0 Å². The zero-order valence-corrected chi connectivity index (χ0v) is 9.40. The van der Waals surface area contributed by atoms with Crippen LogP contribution in [-0.2, 0) is 4.74 Å². The molecule has 0 aliphatic carbocycles. The molecule has 0 saturated carbocycles. The maximum Gasteiger partial charge on any atom is 0.0702 e. The van der Waals surface area contributed by atoms with E-state index in [1.54, 1.807) is 0 Å². The SMILES string of the molecule is OCCN1CCN(CC2CCCO2)CC1. The Morgan fingerprint density at radius 1 is 1.13 bits per heavy atom. The van der Waals surface area contributed by atoms with Crippen LogP contribution in [0.3, 0.4) is 0 Å². The number of hydrogen-bond donors (Lipinski definition) is 1. The minimum atomic E-state index is 0.283. The van der Waals surface area contributed by atoms with Crippen molar-refractivity contribution in [2.75, 3.05) is 52.5 Å². The van der Waals surface area contributed by atoms with E-state index in [0.717, 1.165) is 45.9 Å². The second kappa shape index (κ2) is 5.80. The maximum absolute atomic E-state index is 8.84. The highest BCUT2D eigenvalue weighted by atomic mass is 16.5. The third kappa shape index (κ3) is 3.41. The van der Waals surface area contributed by atoms with Crippen molar-refractivity contribution in [2.45, 2.75) is 18.9 Å². The number of nitrogens with zero attached hydrogens (tertiary/aromatic N) is 2. The zero-order chi connectivity index (χ0) is 10.5. The lowest BCUT2D eigenvalue weighted by molar-refractivity contribution is 0.0469. The molecule has 1 N–H and O–H groups in total. The molecule has 2 heterocycles. The van der Waals surface area contributed by atoms with Crippen LogP contribution in [0, 0.1) is 0 Å². The van der Waals surface area contributed by atoms with Crippen LogP contribution < -0.4 is 0 Å². The van der Waals surface area contributed by atoms with Crippen molar-refractivity contribution in [3.63, 3.8) is 0 Å². The molecule has 0 spiro atoms. The molecule has 2 aliphatic rings. The molecule has 0 amide bonds. The van der Waals surface area contributed by atoms with E-state index in [-0.39, 0.29) is 6.61 Å². The Bertz CT molecular complexity index is 175. The average molecular weight is 214 g/mol. The van der Waals surface area contributed by atoms with Gasteiger partial charge in [0.1, 0.15) is 0 Å². The first-order valence-corrected chi connectivity index (χ1v) is 6.05. The first-order valence-electron chi connectivity index (χ1n) is 6.05. The van der Waals surface area contributed by atoms with Gasteiger partial charge in [-0.25, -0.2) is 0 Å². The number of aliphatic hydroxyl groups is 1. The normalized spacial score (nSPS) is 29.8. The Hall–Kier alpha value is -0.160. The molecule has 2 rings (SSSR count). The van der Waals surface area contributed by atoms with Gasteiger partial charge in [0, 0.05) is 45.9 Å². The lowest BCUT2D eigenvalue weighted by Gasteiger charge is -2.35. The van der Waals surface area contributed by atoms with E-state index in [1.807, 2.05) is 0 Å². The smallest absolute Gasteiger partial charge is 0.0702 e. The van der Waals surface area contributed by atoms with Crippen LogP contribution in [0.15, 0.2) is 0 Å². The molecular formula is C11H22N2O2. The number of piperazine rings is 1. The molecule has 88 valence electrons. The summed E-state index contributed by atoms with van der Waals surface area (Å²) in [7, 11) is 0. The number of hydrogen-bond acceptors (Lipinski definition) is 4. The molecule has 4 nitrogen and oxygen atoms in total. The van der Waals surface area contributed by atoms with E-state index in [4.69, 9.17) is 9.84 Å². The Morgan fingerprint density at radius 2 is 1.87 bits per heavy atom. The van der Waals surface area contributed by atoms with E-state index in [9.17, 15) is 0 Å². The molecule has 2 fully saturated rings. The molecule has 15 heavy (non-hydrogen) atoms. The summed E-state index contributed by atoms with van der Waals surface area (Å²) < 4.78 is 5.63. The molecule has 0 aromatic heterocycles. The average Bonchev–Trinajstić information content (AvgIpc) is 2.74. The van der Waals surface area contributed by atoms with E-state index in [1.165, 1.54) is 12.8 Å². The van der Waals surface area contributed by atoms with Gasteiger partial charge in [0.25, 0.3) is 0 Å². The van der Waals surface area contributed by atoms with Crippen molar-refractivity contribution in [3.8, 4) is 0 Å². The molecule has 2 aliphatic heterocycles. The highest BCUT2D eigenvalue weighted by molar-refractivity contribution is 4.76. The van der Waals surface area contributed by atoms with Gasteiger partial charge in [-0.3, -0.25) is 9.80 Å². The molecule has 0 aromatic rings. The first kappa shape index (κ1) is 11.3. The second-order valence-corrected chi connectivity index (χ2v) is 4.50. The topological polar surface area (TPSA) is 35.9 Å². The largest absolute Gasteiger partial charge is 0.395 e. The van der Waals surface area contributed by atoms with Crippen LogP contribution in [0.4, 0.5) is 0 Å². The van der Waals surface area contributed by atoms with E-state index in [0.29, 0.717) is 6.10 Å². The Balaban J connectivity index is 1.64. The van der Waals surface area contributed by atoms with Crippen molar-refractivity contribution in [2.24, 2.45) is 0 Å². The van der Waals surface area contributed by atoms with Crippen LogP contribution in [0.2, 0.25) is 0 Å². The third-order valence-corrected chi connectivity index (χ3v) is 3.37. The van der Waals surface area contributed by atoms with Gasteiger partial charge in [-0.1, -0.05) is 0 Å². The summed E-state index contributed by atoms with van der Waals surface area (Å²) in [5, 5.41) is 8.84. The predicted octanol–water partition coefficient (Wildman–Crippen LogP) is -0.225. The van der Waals surface area contributed by atoms with Gasteiger partial charge < -0.3 is 9.84 Å². The molecule has 1 unspecified atom stereocenters. The molecule has 2 saturated heterocycles. The van der Waals surface area contributed by atoms with Crippen molar-refractivity contribution >= 4 is 0 Å². The van der Waals surface area contributed by atoms with Gasteiger partial charge in [0.2, 0.25) is 0 Å². The van der Waals surface area contributed by atoms with E-state index in [2.05, 4.69) is 9.80 Å². The number of ether oxygens (including phenoxy) is 1. The first-order chi connectivity index (χ1) is 7.38. The minimum Gasteiger partial charge on any atom is -0.395 e. The summed E-state index contributed by atoms with van der Waals surface area (Å²) in [5.74, 6) is 0. The summed E-state index contributed by atoms with van der Waals surface area (Å²) >= 11 is 0. The molecule has 4 heteroatoms. The van der Waals surface area contributed by atoms with Crippen LogP contribution in [0.5, 0.6) is 0 Å². The van der Waals surface area contributed by atoms with Crippen molar-refractivity contribution in [1.82, 2.24) is 9.80 Å². The van der Waals surface area contributed by atoms with E-state index < -0.39 is 0 Å². The van der Waals surface area contributed by atoms with Gasteiger partial charge in [0.05, 0.1) is 12.7 Å². The van der Waals surface area contributed by atoms with E-state index >= 15 is 0 Å². The maximum atomic E-state index is 8.84. The van der Waals surface area contributed by atoms with Gasteiger partial charge >= 0.3 is 0 Å². The fourth-order valence-corrected chi connectivity index (χ4v) is 2.41. The van der Waals surface area contributed by atoms with Crippen LogP contribution >= 0.6 is 0 Å². The molecule has 0 radical (unpaired) electrons. The summed E-state index contributed by atoms with van der Waals surface area (Å²) in [4.78, 5) is 4.82. The molecule has 1 atom stereocenters. The molecule has 0 aromatic carbocycles. The highest BCUT2D eigenvalue weighted by Gasteiger charge is 2.22. The fourth-order valence-electron chi connectivity index (χ4n) is 2.41. The number of aliphatic hydroxyl groups excluding tert-OH is 1. The van der Waals surface area contributed by atoms with Crippen LogP contribution in [0.1, 0.15) is 12.8 Å². The molecular weight excluding hydrogens is 192 g/mol. The minimum absolute atomic E-state index is 0.283. The Labute approximate surface area is 91.8 Å². The number of β-amino-alcohol motifs (C(OH)–C–C–N with tert-alkyl or cyclic N) is 1. The molecule has 0 bridgehead atoms. The standard InChI is InChI=1S/C11H22N2O2/c14-8-7-12-3-5-13(6-4-12)10-11-2-1-9-15-11/h11,14H,1-10H2. The van der Waals surface area contributed by atoms with Gasteiger partial charge in [-0.2, -0.15) is 0 Å². The van der Waals surface area contributed by atoms with Gasteiger partial charge in [-0.05, 0) is 12.8 Å². The quantitative estimate of drug-likeness (QED) is 0.701. The zero-order valence-electron chi connectivity index (χ0n) is 9.40. The van der Waals surface area contributed by atoms with Crippen molar-refractivity contribution < 1.29 is 9.84 Å². The lowest BCUT2D eigenvalue weighted by Crippen LogP contribution is -2.49. The van der Waals surface area contributed by atoms with Gasteiger partial charge in [0.15, 0.2) is 0 Å². The monoisotopic (exact) mass is 214 g/mol. The van der Waals surface area contributed by atoms with Crippen LogP contribution in [-0.4, -0.2) is 73.5 Å². The Morgan fingerprint density at radius 3 is 2.47 bits per heavy atom. The summed E-state index contributed by atoms with van der Waals surface area (Å²) in [6.45, 7) is 7.60. The summed E-state index contributed by atoms with van der Waals surface area (Å²) in [6.07, 6.45) is 2.95. The second-order valence-electron chi connectivity index (χ2n) is 4.50.